The molecule has 0 aliphatic heterocycles. The number of unbranched alkanes of at least 4 members (excludes halogenated alkanes) is 10. The molecule has 0 saturated carbocycles. The molecule has 0 saturated heterocycles. The number of carboxylic acid groups (broad SMARTS) is 3. The Balaban J connectivity index is 0.000000549. The summed E-state index contributed by atoms with van der Waals surface area (Å²) in [6.07, 6.45) is 20.3. The van der Waals surface area contributed by atoms with Gasteiger partial charge in [0.15, 0.2) is 0 Å². The Hall–Kier alpha value is -6.09. The van der Waals surface area contributed by atoms with Crippen LogP contribution in [0.25, 0.3) is 46.4 Å². The third-order valence-electron chi connectivity index (χ3n) is 9.98. The van der Waals surface area contributed by atoms with Crippen LogP contribution in [0.5, 0.6) is 0 Å². The number of aromatic nitrogens is 4. The molecule has 19 heteroatoms. The largest absolute Gasteiger partial charge is 1.00 e. The first-order valence-electron chi connectivity index (χ1n) is 22.9. The Morgan fingerprint density at radius 1 is 0.718 bits per heavy atom. The van der Waals surface area contributed by atoms with E-state index in [2.05, 4.69) is 42.6 Å². The molecule has 5 aromatic rings. The second-order valence-electron chi connectivity index (χ2n) is 15.6. The van der Waals surface area contributed by atoms with Gasteiger partial charge in [-0.15, -0.1) is 17.0 Å². The summed E-state index contributed by atoms with van der Waals surface area (Å²) in [5, 5.41) is 46.0. The molecule has 1 radical (unpaired) electrons. The number of alkyl halides is 3. The number of aromatic carboxylic acids is 3. The van der Waals surface area contributed by atoms with Crippen LogP contribution < -0.4 is 4.57 Å². The average molecular weight is 1100 g/mol. The number of pyridine rings is 4. The number of rotatable bonds is 21. The monoisotopic (exact) mass is 1100 g/mol. The standard InChI is InChI=1S/C20H12N4O6S.C16H13F3N3S.C9H20.C7H16.Ru/c21-9-31-10-24-16(14-5-11(18(25)26)1-3-22-14)7-13(20(29)30)8-17(24)15-6-12(19(27)28)2-4-23-15;1-10-2-4-12(23-10)5-3-11-6-7-22-14(8-11)13(20)9-15(21)16(17,18)19;1-3-5-7-9-8-6-4-2;1-3-5-7-6-4-2;/h1-8H,10H2,(H2-,25,26,27,28,29,30);2-9,20-21H,1H3;3-9H2,1-2H3;3-7H2,1-2H3;/q;-1;;;+1/p+1/b;5-3+,13-9-,21-15?;;;. The van der Waals surface area contributed by atoms with Gasteiger partial charge in [0, 0.05) is 57.9 Å². The van der Waals surface area contributed by atoms with Crippen molar-refractivity contribution in [3.63, 3.8) is 0 Å². The van der Waals surface area contributed by atoms with Crippen LogP contribution in [0.15, 0.2) is 85.3 Å². The minimum absolute atomic E-state index is 0. The smallest absolute Gasteiger partial charge is 0.697 e. The number of nitriles is 1. The van der Waals surface area contributed by atoms with E-state index < -0.39 is 35.5 Å². The van der Waals surface area contributed by atoms with Crippen LogP contribution >= 0.6 is 23.1 Å². The van der Waals surface area contributed by atoms with E-state index in [1.165, 1.54) is 148 Å². The summed E-state index contributed by atoms with van der Waals surface area (Å²) in [6.45, 7) is 11.0. The number of allylic oxidation sites excluding steroid dienone is 1. The van der Waals surface area contributed by atoms with Gasteiger partial charge in [-0.2, -0.15) is 23.0 Å². The molecule has 0 aliphatic carbocycles. The fourth-order valence-corrected chi connectivity index (χ4v) is 7.48. The van der Waals surface area contributed by atoms with Crippen LogP contribution in [0.1, 0.15) is 157 Å². The van der Waals surface area contributed by atoms with Crippen molar-refractivity contribution in [1.82, 2.24) is 15.0 Å². The summed E-state index contributed by atoms with van der Waals surface area (Å²) in [6, 6.07) is 14.9. The van der Waals surface area contributed by atoms with Crippen LogP contribution in [0, 0.1) is 23.0 Å². The summed E-state index contributed by atoms with van der Waals surface area (Å²) < 4.78 is 38.5. The maximum Gasteiger partial charge on any atom is 1.00 e. The third kappa shape index (κ3) is 23.6. The van der Waals surface area contributed by atoms with Gasteiger partial charge in [0.1, 0.15) is 22.5 Å². The van der Waals surface area contributed by atoms with E-state index in [1.807, 2.05) is 30.5 Å². The topological polar surface area (TPSA) is 226 Å². The number of nitrogens with zero attached hydrogens (tertiary/aromatic N) is 5. The average Bonchev–Trinajstić information content (AvgIpc) is 3.77. The Bertz CT molecular complexity index is 2490. The van der Waals surface area contributed by atoms with Gasteiger partial charge in [0.05, 0.1) is 16.7 Å². The van der Waals surface area contributed by atoms with Crippen molar-refractivity contribution in [3.8, 4) is 28.2 Å². The molecule has 0 aromatic carbocycles. The zero-order valence-electron chi connectivity index (χ0n) is 40.5. The number of aryl methyl sites for hydroxylation is 1. The first kappa shape index (κ1) is 62.9. The predicted molar refractivity (Wildman–Crippen MR) is 274 cm³/mol. The number of thioether (sulfide) groups is 1. The number of thiophene rings is 1. The normalized spacial score (nSPS) is 10.8. The van der Waals surface area contributed by atoms with Crippen molar-refractivity contribution in [2.24, 2.45) is 0 Å². The maximum absolute atomic E-state index is 12.3. The van der Waals surface area contributed by atoms with Crippen LogP contribution in [0.4, 0.5) is 13.2 Å². The molecule has 71 heavy (non-hydrogen) atoms. The molecule has 381 valence electrons. The Morgan fingerprint density at radius 2 is 1.18 bits per heavy atom. The van der Waals surface area contributed by atoms with Crippen molar-refractivity contribution in [3.05, 3.63) is 129 Å². The van der Waals surface area contributed by atoms with Crippen molar-refractivity contribution >= 4 is 64.6 Å². The van der Waals surface area contributed by atoms with E-state index in [9.17, 15) is 42.9 Å². The molecule has 0 unspecified atom stereocenters. The van der Waals surface area contributed by atoms with Crippen molar-refractivity contribution < 1.29 is 66.9 Å². The van der Waals surface area contributed by atoms with Gasteiger partial charge in [-0.05, 0) is 73.2 Å². The molecule has 13 nitrogen and oxygen atoms in total. The Morgan fingerprint density at radius 3 is 1.61 bits per heavy atom. The summed E-state index contributed by atoms with van der Waals surface area (Å²) in [7, 11) is 0. The second-order valence-corrected chi connectivity index (χ2v) is 17.7. The predicted octanol–water partition coefficient (Wildman–Crippen LogP) is 14.7. The van der Waals surface area contributed by atoms with Gasteiger partial charge < -0.3 is 21.1 Å². The Kier molecular flexibility index (Phi) is 30.4. The van der Waals surface area contributed by atoms with Gasteiger partial charge in [-0.3, -0.25) is 10.4 Å². The molecule has 0 bridgehead atoms. The number of carboxylic acids is 3. The zero-order chi connectivity index (χ0) is 52.1. The Labute approximate surface area is 435 Å². The maximum atomic E-state index is 12.3. The summed E-state index contributed by atoms with van der Waals surface area (Å²) in [5.41, 5.74) is 6.96. The number of thiocyanates is 1. The molecule has 5 heterocycles. The molecular weight excluding hydrogens is 1040 g/mol. The summed E-state index contributed by atoms with van der Waals surface area (Å²) in [5.74, 6) is -3.61. The second kappa shape index (κ2) is 34.3. The van der Waals surface area contributed by atoms with Crippen LogP contribution in [-0.2, 0) is 25.4 Å². The van der Waals surface area contributed by atoms with Crippen molar-refractivity contribution in [2.75, 3.05) is 0 Å². The minimum atomic E-state index is -4.76. The van der Waals surface area contributed by atoms with Gasteiger partial charge in [-0.25, -0.2) is 24.4 Å². The van der Waals surface area contributed by atoms with E-state index in [0.717, 1.165) is 22.2 Å². The molecule has 0 aliphatic rings. The number of nitrogens with one attached hydrogen (secondary N) is 2. The van der Waals surface area contributed by atoms with E-state index in [0.29, 0.717) is 6.08 Å². The number of carbonyl (C=O) groups is 3. The number of halogens is 3. The molecule has 0 fully saturated rings. The molecule has 0 atom stereocenters. The van der Waals surface area contributed by atoms with Gasteiger partial charge in [0.25, 0.3) is 0 Å². The van der Waals surface area contributed by atoms with Crippen molar-refractivity contribution in [1.29, 1.82) is 10.7 Å². The molecule has 5 N–H and O–H groups in total. The van der Waals surface area contributed by atoms with Gasteiger partial charge in [-0.1, -0.05) is 111 Å². The molecular formula is C52H62F3N7O6RuS2+. The molecule has 5 rings (SSSR count). The number of hydrogen-bond donors (Lipinski definition) is 4. The van der Waals surface area contributed by atoms with Crippen molar-refractivity contribution in [2.45, 2.75) is 124 Å². The first-order valence-corrected chi connectivity index (χ1v) is 24.7. The summed E-state index contributed by atoms with van der Waals surface area (Å²) in [4.78, 5) is 48.9. The van der Waals surface area contributed by atoms with Crippen LogP contribution in [-0.4, -0.2) is 60.1 Å². The van der Waals surface area contributed by atoms with Gasteiger partial charge >= 0.3 is 43.6 Å². The van der Waals surface area contributed by atoms with Crippen LogP contribution in [0.2, 0.25) is 0 Å². The van der Waals surface area contributed by atoms with Crippen LogP contribution in [0.3, 0.4) is 0 Å². The minimum Gasteiger partial charge on any atom is -0.697 e. The zero-order valence-corrected chi connectivity index (χ0v) is 43.9. The van der Waals surface area contributed by atoms with E-state index in [-0.39, 0.29) is 70.5 Å². The van der Waals surface area contributed by atoms with Gasteiger partial charge in [0.2, 0.25) is 17.3 Å². The van der Waals surface area contributed by atoms with E-state index in [4.69, 9.17) is 16.4 Å². The fraction of sp³-hybridized carbons (Fsp3) is 0.365. The SMILES string of the molecule is CCCCCCC.CCCCCCCCC.Cc1ccc(/C=C/c2ccnc(/C([NH-])=C/C(=N)C(F)(F)F)c2)s1.N#CSC[n+]1c(-c2cc(C(=O)O)ccn2)cc(C(=O)O)cc1-c1cc(C(=O)O)ccn1.[Ru+]. The quantitative estimate of drug-likeness (QED) is 0.0178. The summed E-state index contributed by atoms with van der Waals surface area (Å²) >= 11 is 2.47. The van der Waals surface area contributed by atoms with E-state index >= 15 is 0 Å². The molecule has 5 aromatic heterocycles. The molecule has 0 amide bonds. The molecule has 0 spiro atoms. The fourth-order valence-electron chi connectivity index (χ4n) is 6.24. The number of hydrogen-bond acceptors (Lipinski definition) is 10. The van der Waals surface area contributed by atoms with E-state index in [1.54, 1.807) is 23.5 Å². The third-order valence-corrected chi connectivity index (χ3v) is 11.5. The first-order chi connectivity index (χ1) is 33.4.